The molecule has 0 radical (unpaired) electrons. The highest BCUT2D eigenvalue weighted by Crippen LogP contribution is 2.66. The van der Waals surface area contributed by atoms with Crippen LogP contribution in [0.25, 0.3) is 0 Å². The van der Waals surface area contributed by atoms with Crippen LogP contribution in [0.1, 0.15) is 20.8 Å². The summed E-state index contributed by atoms with van der Waals surface area (Å²) in [6, 6.07) is 0. The molecule has 0 unspecified atom stereocenters. The van der Waals surface area contributed by atoms with E-state index in [1.807, 2.05) is 0 Å². The fourth-order valence-electron chi connectivity index (χ4n) is 2.24. The van der Waals surface area contributed by atoms with E-state index in [2.05, 4.69) is 9.47 Å². The predicted molar refractivity (Wildman–Crippen MR) is 91.7 cm³/mol. The van der Waals surface area contributed by atoms with Gasteiger partial charge in [0.25, 0.3) is 0 Å². The third kappa shape index (κ3) is 6.25. The van der Waals surface area contributed by atoms with Gasteiger partial charge in [-0.1, -0.05) is 0 Å². The van der Waals surface area contributed by atoms with Crippen molar-refractivity contribution in [2.75, 3.05) is 0 Å². The average Bonchev–Trinajstić information content (AvgIpc) is 2.74. The number of rotatable bonds is 11. The molecule has 0 spiro atoms. The van der Waals surface area contributed by atoms with E-state index in [-0.39, 0.29) is 6.08 Å². The van der Waals surface area contributed by atoms with Crippen LogP contribution < -0.4 is 0 Å². The highest BCUT2D eigenvalue weighted by atomic mass is 19.4. The SMILES string of the molecule is CC(C)(C)OC(=O)/C=C/C(=O)OC(F)(F)C(F)(F)C(F)(F)C(F)(F)C(F)(F)C(F)(F)C(F)(F)C(F)(F)C(F)(F)C(F)(F)F. The Kier molecular flexibility index (Phi) is 9.99. The zero-order valence-corrected chi connectivity index (χ0v) is 20.2. The lowest BCUT2D eigenvalue weighted by Crippen LogP contribution is -2.77. The van der Waals surface area contributed by atoms with Crippen LogP contribution in [0.3, 0.4) is 0 Å². The van der Waals surface area contributed by atoms with Crippen LogP contribution in [0.2, 0.25) is 0 Å². The van der Waals surface area contributed by atoms with Gasteiger partial charge in [-0.25, -0.2) is 9.59 Å². The van der Waals surface area contributed by atoms with Crippen molar-refractivity contribution in [1.82, 2.24) is 0 Å². The molecule has 0 bridgehead atoms. The molecule has 0 amide bonds. The zero-order valence-electron chi connectivity index (χ0n) is 20.2. The van der Waals surface area contributed by atoms with E-state index < -0.39 is 83.3 Å². The largest absolute Gasteiger partial charge is 0.473 e. The van der Waals surface area contributed by atoms with Gasteiger partial charge in [0.2, 0.25) is 0 Å². The van der Waals surface area contributed by atoms with Gasteiger partial charge >= 0.3 is 71.6 Å². The molecule has 25 heteroatoms. The predicted octanol–water partition coefficient (Wildman–Crippen LogP) is 7.67. The Morgan fingerprint density at radius 2 is 0.628 bits per heavy atom. The molecule has 43 heavy (non-hydrogen) atoms. The molecule has 0 fully saturated rings. The third-order valence-corrected chi connectivity index (χ3v) is 4.47. The highest BCUT2D eigenvalue weighted by molar-refractivity contribution is 5.91. The van der Waals surface area contributed by atoms with E-state index in [1.165, 1.54) is 0 Å². The second kappa shape index (κ2) is 10.7. The number of esters is 2. The Labute approximate surface area is 222 Å². The Morgan fingerprint density at radius 1 is 0.395 bits per heavy atom. The summed E-state index contributed by atoms with van der Waals surface area (Å²) in [4.78, 5) is 22.4. The Balaban J connectivity index is 6.76. The van der Waals surface area contributed by atoms with Gasteiger partial charge in [-0.15, -0.1) is 0 Å². The highest BCUT2D eigenvalue weighted by Gasteiger charge is 2.98. The lowest BCUT2D eigenvalue weighted by molar-refractivity contribution is -0.482. The van der Waals surface area contributed by atoms with Gasteiger partial charge in [0, 0.05) is 12.2 Å². The summed E-state index contributed by atoms with van der Waals surface area (Å²) in [5.74, 6) is -76.7. The molecule has 0 aliphatic rings. The fourth-order valence-corrected chi connectivity index (χ4v) is 2.24. The van der Waals surface area contributed by atoms with E-state index >= 15 is 0 Å². The number of hydrogen-bond donors (Lipinski definition) is 0. The summed E-state index contributed by atoms with van der Waals surface area (Å²) < 4.78 is 285. The quantitative estimate of drug-likeness (QED) is 0.127. The molecule has 0 aromatic carbocycles. The molecular formula is C18H11F21O4. The monoisotopic (exact) mass is 690 g/mol. The average molecular weight is 690 g/mol. The maximum Gasteiger partial charge on any atom is 0.473 e. The minimum Gasteiger partial charge on any atom is -0.457 e. The minimum absolute atomic E-state index is 0.276. The third-order valence-electron chi connectivity index (χ3n) is 4.47. The summed E-state index contributed by atoms with van der Waals surface area (Å²) in [7, 11) is 0. The van der Waals surface area contributed by atoms with Gasteiger partial charge in [0.05, 0.1) is 0 Å². The van der Waals surface area contributed by atoms with Crippen LogP contribution >= 0.6 is 0 Å². The number of ether oxygens (including phenoxy) is 2. The molecule has 0 aliphatic heterocycles. The van der Waals surface area contributed by atoms with Gasteiger partial charge in [0.1, 0.15) is 5.60 Å². The van der Waals surface area contributed by atoms with Crippen molar-refractivity contribution in [3.05, 3.63) is 12.2 Å². The second-order valence-electron chi connectivity index (χ2n) is 8.90. The van der Waals surface area contributed by atoms with Crippen LogP contribution in [0.4, 0.5) is 92.2 Å². The molecule has 254 valence electrons. The maximum absolute atomic E-state index is 13.7. The lowest BCUT2D eigenvalue weighted by atomic mass is 9.87. The lowest BCUT2D eigenvalue weighted by Gasteiger charge is -2.44. The fraction of sp³-hybridized carbons (Fsp3) is 0.778. The Bertz CT molecular complexity index is 1080. The normalized spacial score (nSPS) is 16.0. The zero-order chi connectivity index (χ0) is 35.5. The Hall–Kier alpha value is -2.79. The van der Waals surface area contributed by atoms with Crippen molar-refractivity contribution in [2.45, 2.75) is 86.0 Å². The number of alkyl halides is 21. The first kappa shape index (κ1) is 40.2. The van der Waals surface area contributed by atoms with Crippen LogP contribution in [-0.2, 0) is 19.1 Å². The first-order chi connectivity index (χ1) is 18.2. The van der Waals surface area contributed by atoms with E-state index in [0.29, 0.717) is 0 Å². The second-order valence-corrected chi connectivity index (χ2v) is 8.90. The Morgan fingerprint density at radius 3 is 0.884 bits per heavy atom. The van der Waals surface area contributed by atoms with E-state index in [0.717, 1.165) is 20.8 Å². The summed E-state index contributed by atoms with van der Waals surface area (Å²) in [5.41, 5.74) is -1.41. The summed E-state index contributed by atoms with van der Waals surface area (Å²) in [5, 5.41) is 0. The van der Waals surface area contributed by atoms with Crippen LogP contribution in [0, 0.1) is 0 Å². The minimum atomic E-state index is -9.32. The number of carbonyl (C=O) groups excluding carboxylic acids is 2. The van der Waals surface area contributed by atoms with Crippen molar-refractivity contribution in [1.29, 1.82) is 0 Å². The molecule has 0 N–H and O–H groups in total. The molecule has 0 rings (SSSR count). The van der Waals surface area contributed by atoms with E-state index in [4.69, 9.17) is 0 Å². The molecule has 0 aliphatic carbocycles. The number of halogens is 21. The molecular weight excluding hydrogens is 679 g/mol. The summed E-state index contributed by atoms with van der Waals surface area (Å²) in [6.45, 7) is 3.39. The molecule has 0 aromatic heterocycles. The summed E-state index contributed by atoms with van der Waals surface area (Å²) >= 11 is 0. The van der Waals surface area contributed by atoms with Crippen molar-refractivity contribution in [2.24, 2.45) is 0 Å². The van der Waals surface area contributed by atoms with Crippen molar-refractivity contribution >= 4 is 11.9 Å². The van der Waals surface area contributed by atoms with Crippen molar-refractivity contribution < 1.29 is 111 Å². The molecule has 0 atom stereocenters. The molecule has 0 saturated heterocycles. The van der Waals surface area contributed by atoms with Gasteiger partial charge in [-0.05, 0) is 20.8 Å². The van der Waals surface area contributed by atoms with Gasteiger partial charge in [0.15, 0.2) is 0 Å². The van der Waals surface area contributed by atoms with Crippen molar-refractivity contribution in [3.8, 4) is 0 Å². The van der Waals surface area contributed by atoms with Crippen molar-refractivity contribution in [3.63, 3.8) is 0 Å². The first-order valence-corrected chi connectivity index (χ1v) is 9.85. The van der Waals surface area contributed by atoms with Crippen LogP contribution in [-0.4, -0.2) is 77.2 Å². The molecule has 0 heterocycles. The van der Waals surface area contributed by atoms with E-state index in [1.54, 1.807) is 0 Å². The van der Waals surface area contributed by atoms with Gasteiger partial charge < -0.3 is 9.47 Å². The van der Waals surface area contributed by atoms with Gasteiger partial charge in [-0.3, -0.25) is 0 Å². The molecule has 0 aromatic rings. The van der Waals surface area contributed by atoms with E-state index in [9.17, 15) is 102 Å². The van der Waals surface area contributed by atoms with Crippen LogP contribution in [0.5, 0.6) is 0 Å². The topological polar surface area (TPSA) is 52.6 Å². The van der Waals surface area contributed by atoms with Gasteiger partial charge in [-0.2, -0.15) is 92.2 Å². The smallest absolute Gasteiger partial charge is 0.457 e. The molecule has 0 saturated carbocycles. The maximum atomic E-state index is 13.7. The molecule has 4 nitrogen and oxygen atoms in total. The first-order valence-electron chi connectivity index (χ1n) is 9.85. The summed E-state index contributed by atoms with van der Waals surface area (Å²) in [6.07, 6.45) is -16.6. The van der Waals surface area contributed by atoms with Crippen LogP contribution in [0.15, 0.2) is 12.2 Å². The number of carbonyl (C=O) groups is 2. The standard InChI is InChI=1S/C18H11F21O4/c1-8(2,3)42-6(40)4-5-7(41)43-18(38,39)16(33,34)14(29,30)12(25,26)10(21,22)9(19,20)11(23,24)13(27,28)15(31,32)17(35,36)37/h4-5H,1-3H3/b5-4+. The number of hydrogen-bond acceptors (Lipinski definition) is 4.